The number of furan rings is 1. The van der Waals surface area contributed by atoms with Crippen molar-refractivity contribution in [1.82, 2.24) is 15.6 Å². The number of aromatic nitrogens is 1. The highest BCUT2D eigenvalue weighted by molar-refractivity contribution is 5.79. The van der Waals surface area contributed by atoms with Crippen LogP contribution in [0, 0.1) is 0 Å². The van der Waals surface area contributed by atoms with E-state index in [-0.39, 0.29) is 0 Å². The Morgan fingerprint density at radius 2 is 2.05 bits per heavy atom. The van der Waals surface area contributed by atoms with Crippen molar-refractivity contribution in [2.24, 2.45) is 4.99 Å². The van der Waals surface area contributed by atoms with Gasteiger partial charge in [-0.2, -0.15) is 0 Å². The zero-order valence-corrected chi connectivity index (χ0v) is 12.6. The molecule has 2 aromatic heterocycles. The van der Waals surface area contributed by atoms with E-state index < -0.39 is 0 Å². The summed E-state index contributed by atoms with van der Waals surface area (Å²) in [6.07, 6.45) is 3.45. The lowest BCUT2D eigenvalue weighted by Crippen LogP contribution is -2.36. The van der Waals surface area contributed by atoms with Gasteiger partial charge in [0.05, 0.1) is 12.8 Å². The molecule has 2 heterocycles. The molecule has 0 aliphatic rings. The molecule has 0 unspecified atom stereocenters. The zero-order valence-electron chi connectivity index (χ0n) is 12.6. The Kier molecular flexibility index (Phi) is 5.20. The molecule has 2 aromatic rings. The molecule has 2 rings (SSSR count). The maximum atomic E-state index is 5.28. The Balaban J connectivity index is 1.91. The summed E-state index contributed by atoms with van der Waals surface area (Å²) in [5, 5.41) is 6.48. The first-order valence-corrected chi connectivity index (χ1v) is 6.79. The smallest absolute Gasteiger partial charge is 0.191 e. The summed E-state index contributed by atoms with van der Waals surface area (Å²) in [7, 11) is 5.71. The largest absolute Gasteiger partial charge is 0.467 e. The van der Waals surface area contributed by atoms with E-state index in [9.17, 15) is 0 Å². The van der Waals surface area contributed by atoms with Crippen LogP contribution in [-0.2, 0) is 13.1 Å². The molecule has 21 heavy (non-hydrogen) atoms. The van der Waals surface area contributed by atoms with Crippen LogP contribution in [-0.4, -0.2) is 32.1 Å². The van der Waals surface area contributed by atoms with Crippen molar-refractivity contribution in [3.8, 4) is 0 Å². The number of nitrogens with one attached hydrogen (secondary N) is 2. The third-order valence-corrected chi connectivity index (χ3v) is 2.97. The van der Waals surface area contributed by atoms with Crippen molar-refractivity contribution in [3.05, 3.63) is 48.0 Å². The first-order chi connectivity index (χ1) is 10.2. The van der Waals surface area contributed by atoms with Gasteiger partial charge in [0.2, 0.25) is 0 Å². The molecule has 112 valence electrons. The van der Waals surface area contributed by atoms with E-state index in [0.717, 1.165) is 23.1 Å². The summed E-state index contributed by atoms with van der Waals surface area (Å²) in [4.78, 5) is 10.6. The molecule has 0 saturated heterocycles. The Labute approximate surface area is 124 Å². The molecular formula is C15H21N5O. The minimum atomic E-state index is 0.597. The standard InChI is InChI=1S/C15H21N5O/c1-16-15(19-11-13-7-5-9-21-13)18-10-12-6-4-8-17-14(12)20(2)3/h4-9H,10-11H2,1-3H3,(H2,16,18,19). The molecule has 0 amide bonds. The highest BCUT2D eigenvalue weighted by atomic mass is 16.3. The van der Waals surface area contributed by atoms with Crippen LogP contribution in [0.15, 0.2) is 46.1 Å². The van der Waals surface area contributed by atoms with Gasteiger partial charge in [-0.15, -0.1) is 0 Å². The molecule has 0 atom stereocenters. The zero-order chi connectivity index (χ0) is 15.1. The molecule has 0 aromatic carbocycles. The summed E-state index contributed by atoms with van der Waals surface area (Å²) in [5.41, 5.74) is 1.11. The van der Waals surface area contributed by atoms with Gasteiger partial charge in [0.15, 0.2) is 5.96 Å². The molecule has 0 radical (unpaired) electrons. The summed E-state index contributed by atoms with van der Waals surface area (Å²) >= 11 is 0. The van der Waals surface area contributed by atoms with Crippen LogP contribution in [0.3, 0.4) is 0 Å². The number of hydrogen-bond donors (Lipinski definition) is 2. The van der Waals surface area contributed by atoms with Crippen LogP contribution < -0.4 is 15.5 Å². The highest BCUT2D eigenvalue weighted by Crippen LogP contribution is 2.13. The van der Waals surface area contributed by atoms with Gasteiger partial charge in [0.1, 0.15) is 11.6 Å². The molecule has 2 N–H and O–H groups in total. The number of anilines is 1. The fourth-order valence-corrected chi connectivity index (χ4v) is 1.95. The normalized spacial score (nSPS) is 11.3. The maximum Gasteiger partial charge on any atom is 0.191 e. The molecular weight excluding hydrogens is 266 g/mol. The molecule has 0 spiro atoms. The number of nitrogens with zero attached hydrogens (tertiary/aromatic N) is 3. The summed E-state index contributed by atoms with van der Waals surface area (Å²) in [6, 6.07) is 7.77. The van der Waals surface area contributed by atoms with Gasteiger partial charge in [-0.3, -0.25) is 4.99 Å². The SMILES string of the molecule is CN=C(NCc1ccco1)NCc1cccnc1N(C)C. The fraction of sp³-hybridized carbons (Fsp3) is 0.333. The van der Waals surface area contributed by atoms with Crippen molar-refractivity contribution in [2.45, 2.75) is 13.1 Å². The van der Waals surface area contributed by atoms with Crippen LogP contribution in [0.1, 0.15) is 11.3 Å². The molecule has 0 saturated carbocycles. The van der Waals surface area contributed by atoms with Gasteiger partial charge in [-0.25, -0.2) is 4.98 Å². The Morgan fingerprint density at radius 3 is 2.71 bits per heavy atom. The number of aliphatic imine (C=N–C) groups is 1. The number of pyridine rings is 1. The van der Waals surface area contributed by atoms with E-state index in [1.54, 1.807) is 19.5 Å². The first-order valence-electron chi connectivity index (χ1n) is 6.79. The second-order valence-corrected chi connectivity index (χ2v) is 4.74. The van der Waals surface area contributed by atoms with E-state index in [1.807, 2.05) is 37.2 Å². The summed E-state index contributed by atoms with van der Waals surface area (Å²) in [6.45, 7) is 1.25. The summed E-state index contributed by atoms with van der Waals surface area (Å²) < 4.78 is 5.28. The predicted octanol–water partition coefficient (Wildman–Crippen LogP) is 1.61. The number of hydrogen-bond acceptors (Lipinski definition) is 4. The fourth-order valence-electron chi connectivity index (χ4n) is 1.95. The molecule has 6 heteroatoms. The third-order valence-electron chi connectivity index (χ3n) is 2.97. The van der Waals surface area contributed by atoms with Crippen molar-refractivity contribution in [1.29, 1.82) is 0 Å². The average Bonchev–Trinajstić information content (AvgIpc) is 3.01. The highest BCUT2D eigenvalue weighted by Gasteiger charge is 2.06. The van der Waals surface area contributed by atoms with Crippen molar-refractivity contribution >= 4 is 11.8 Å². The topological polar surface area (TPSA) is 65.7 Å². The van der Waals surface area contributed by atoms with E-state index in [2.05, 4.69) is 26.7 Å². The lowest BCUT2D eigenvalue weighted by Gasteiger charge is -2.17. The Bertz CT molecular complexity index is 578. The van der Waals surface area contributed by atoms with Crippen LogP contribution in [0.25, 0.3) is 0 Å². The first kappa shape index (κ1) is 14.9. The van der Waals surface area contributed by atoms with Crippen molar-refractivity contribution in [3.63, 3.8) is 0 Å². The molecule has 0 bridgehead atoms. The van der Waals surface area contributed by atoms with Crippen LogP contribution in [0.4, 0.5) is 5.82 Å². The minimum absolute atomic E-state index is 0.597. The molecule has 0 aliphatic carbocycles. The summed E-state index contributed by atoms with van der Waals surface area (Å²) in [5.74, 6) is 2.54. The lowest BCUT2D eigenvalue weighted by molar-refractivity contribution is 0.501. The molecule has 6 nitrogen and oxygen atoms in total. The van der Waals surface area contributed by atoms with Gasteiger partial charge in [0, 0.05) is 39.4 Å². The van der Waals surface area contributed by atoms with Crippen molar-refractivity contribution in [2.75, 3.05) is 26.0 Å². The third kappa shape index (κ3) is 4.24. The second kappa shape index (κ2) is 7.33. The lowest BCUT2D eigenvalue weighted by atomic mass is 10.2. The predicted molar refractivity (Wildman–Crippen MR) is 84.3 cm³/mol. The van der Waals surface area contributed by atoms with Gasteiger partial charge in [-0.1, -0.05) is 6.07 Å². The minimum Gasteiger partial charge on any atom is -0.467 e. The Morgan fingerprint density at radius 1 is 1.24 bits per heavy atom. The quantitative estimate of drug-likeness (QED) is 0.646. The second-order valence-electron chi connectivity index (χ2n) is 4.74. The van der Waals surface area contributed by atoms with E-state index in [4.69, 9.17) is 4.42 Å². The average molecular weight is 287 g/mol. The Hall–Kier alpha value is -2.50. The molecule has 0 fully saturated rings. The van der Waals surface area contributed by atoms with Crippen LogP contribution in [0.5, 0.6) is 0 Å². The number of rotatable bonds is 5. The van der Waals surface area contributed by atoms with Gasteiger partial charge in [0.25, 0.3) is 0 Å². The van der Waals surface area contributed by atoms with E-state index >= 15 is 0 Å². The molecule has 0 aliphatic heterocycles. The number of guanidine groups is 1. The van der Waals surface area contributed by atoms with Crippen LogP contribution in [0.2, 0.25) is 0 Å². The van der Waals surface area contributed by atoms with E-state index in [1.165, 1.54) is 0 Å². The maximum absolute atomic E-state index is 5.28. The van der Waals surface area contributed by atoms with Crippen LogP contribution >= 0.6 is 0 Å². The van der Waals surface area contributed by atoms with Gasteiger partial charge >= 0.3 is 0 Å². The van der Waals surface area contributed by atoms with Gasteiger partial charge < -0.3 is 20.0 Å². The van der Waals surface area contributed by atoms with E-state index in [0.29, 0.717) is 13.1 Å². The van der Waals surface area contributed by atoms with Gasteiger partial charge in [-0.05, 0) is 18.2 Å². The van der Waals surface area contributed by atoms with Crippen molar-refractivity contribution < 1.29 is 4.42 Å². The monoisotopic (exact) mass is 287 g/mol.